The molecule has 0 saturated carbocycles. The highest BCUT2D eigenvalue weighted by Gasteiger charge is 2.42. The molecule has 130 valence electrons. The van der Waals surface area contributed by atoms with Crippen molar-refractivity contribution in [3.63, 3.8) is 0 Å². The van der Waals surface area contributed by atoms with Gasteiger partial charge in [-0.2, -0.15) is 0 Å². The quantitative estimate of drug-likeness (QED) is 0.630. The molecule has 1 aliphatic rings. The number of nitrogens with two attached hydrogens (primary N) is 1. The van der Waals surface area contributed by atoms with Gasteiger partial charge in [0.05, 0.1) is 0 Å². The summed E-state index contributed by atoms with van der Waals surface area (Å²) in [6.45, 7) is 0.498. The van der Waals surface area contributed by atoms with Gasteiger partial charge in [0.15, 0.2) is 5.82 Å². The van der Waals surface area contributed by atoms with Crippen LogP contribution in [0.3, 0.4) is 0 Å². The third-order valence-electron chi connectivity index (χ3n) is 4.26. The number of aromatic nitrogens is 3. The minimum Gasteiger partial charge on any atom is -0.382 e. The Balaban J connectivity index is 1.68. The van der Waals surface area contributed by atoms with Crippen LogP contribution < -0.4 is 5.73 Å². The fourth-order valence-electron chi connectivity index (χ4n) is 2.77. The number of likely N-dealkylation sites (N-methyl/N-ethyl adjacent to an activating group) is 1. The number of hydrogen-bond acceptors (Lipinski definition) is 7. The lowest BCUT2D eigenvalue weighted by Crippen LogP contribution is -2.37. The number of anilines is 1. The van der Waals surface area contributed by atoms with Gasteiger partial charge in [-0.3, -0.25) is 4.79 Å². The van der Waals surface area contributed by atoms with Crippen LogP contribution in [0.4, 0.5) is 5.82 Å². The lowest BCUT2D eigenvalue weighted by Gasteiger charge is -2.13. The molecule has 26 heavy (non-hydrogen) atoms. The number of thiazole rings is 1. The van der Waals surface area contributed by atoms with Gasteiger partial charge in [0.2, 0.25) is 5.60 Å². The Labute approximate surface area is 153 Å². The van der Waals surface area contributed by atoms with E-state index in [2.05, 4.69) is 26.8 Å². The summed E-state index contributed by atoms with van der Waals surface area (Å²) in [7, 11) is 1.66. The Morgan fingerprint density at radius 1 is 1.38 bits per heavy atom. The van der Waals surface area contributed by atoms with Crippen molar-refractivity contribution in [2.24, 2.45) is 0 Å². The summed E-state index contributed by atoms with van der Waals surface area (Å²) in [6.07, 6.45) is 1.72. The Morgan fingerprint density at radius 3 is 2.96 bits per heavy atom. The summed E-state index contributed by atoms with van der Waals surface area (Å²) in [6, 6.07) is 7.45. The first-order valence-corrected chi connectivity index (χ1v) is 8.76. The normalized spacial score (nSPS) is 19.6. The first kappa shape index (κ1) is 16.4. The molecule has 0 spiro atoms. The van der Waals surface area contributed by atoms with Gasteiger partial charge in [-0.25, -0.2) is 15.0 Å². The lowest BCUT2D eigenvalue weighted by atomic mass is 10.0. The molecule has 7 nitrogen and oxygen atoms in total. The van der Waals surface area contributed by atoms with Crippen molar-refractivity contribution in [2.75, 3.05) is 19.3 Å². The monoisotopic (exact) mass is 365 g/mol. The number of likely N-dealkylation sites (tertiary alicyclic amines) is 1. The van der Waals surface area contributed by atoms with E-state index in [1.165, 1.54) is 22.6 Å². The minimum atomic E-state index is -1.61. The van der Waals surface area contributed by atoms with Crippen LogP contribution in [0.15, 0.2) is 30.6 Å². The number of nitrogen functional groups attached to an aromatic ring is 1. The van der Waals surface area contributed by atoms with Crippen LogP contribution in [0.2, 0.25) is 0 Å². The zero-order chi connectivity index (χ0) is 18.3. The van der Waals surface area contributed by atoms with Gasteiger partial charge in [0.25, 0.3) is 5.91 Å². The minimum absolute atomic E-state index is 0.310. The molecule has 1 aliphatic heterocycles. The fraction of sp³-hybridized carbons (Fsp3) is 0.222. The number of hydrogen-bond donors (Lipinski definition) is 2. The number of aliphatic hydroxyl groups is 1. The van der Waals surface area contributed by atoms with Gasteiger partial charge in [-0.05, 0) is 12.1 Å². The average Bonchev–Trinajstić information content (AvgIpc) is 3.19. The van der Waals surface area contributed by atoms with E-state index in [0.29, 0.717) is 29.9 Å². The maximum atomic E-state index is 12.0. The second-order valence-corrected chi connectivity index (χ2v) is 7.08. The smallest absolute Gasteiger partial charge is 0.267 e. The maximum absolute atomic E-state index is 12.0. The molecular formula is C18H15N5O2S. The first-order chi connectivity index (χ1) is 12.5. The van der Waals surface area contributed by atoms with E-state index >= 15 is 0 Å². The Morgan fingerprint density at radius 2 is 2.23 bits per heavy atom. The van der Waals surface area contributed by atoms with E-state index in [0.717, 1.165) is 15.4 Å². The predicted molar refractivity (Wildman–Crippen MR) is 99.1 cm³/mol. The molecule has 0 aliphatic carbocycles. The number of benzene rings is 1. The second-order valence-electron chi connectivity index (χ2n) is 6.10. The van der Waals surface area contributed by atoms with Crippen LogP contribution in [0.25, 0.3) is 20.9 Å². The van der Waals surface area contributed by atoms with Crippen molar-refractivity contribution in [1.82, 2.24) is 19.9 Å². The van der Waals surface area contributed by atoms with E-state index in [-0.39, 0.29) is 5.91 Å². The highest BCUT2D eigenvalue weighted by molar-refractivity contribution is 7.21. The number of carbonyl (C=O) groups excluding carboxylic acids is 1. The third kappa shape index (κ3) is 2.77. The first-order valence-electron chi connectivity index (χ1n) is 7.95. The van der Waals surface area contributed by atoms with Crippen LogP contribution in [0, 0.1) is 11.8 Å². The summed E-state index contributed by atoms with van der Waals surface area (Å²) >= 11 is 1.42. The van der Waals surface area contributed by atoms with Gasteiger partial charge >= 0.3 is 0 Å². The van der Waals surface area contributed by atoms with E-state index in [4.69, 9.17) is 5.73 Å². The molecule has 3 aromatic rings. The molecule has 0 radical (unpaired) electrons. The summed E-state index contributed by atoms with van der Waals surface area (Å²) in [5.41, 5.74) is 6.37. The fourth-order valence-corrected chi connectivity index (χ4v) is 3.68. The van der Waals surface area contributed by atoms with Crippen LogP contribution >= 0.6 is 11.3 Å². The standard InChI is InChI=1S/C18H15N5O2S/c1-23-8-7-18(25,17(23)24)6-5-11-3-2-4-12(9-11)15-22-13-14(19)20-10-21-16(13)26-15/h2-4,9-10,25H,7-8H2,1H3,(H2,19,20,21)/t18-/m1/s1. The van der Waals surface area contributed by atoms with E-state index in [9.17, 15) is 9.90 Å². The topological polar surface area (TPSA) is 105 Å². The second kappa shape index (κ2) is 6.05. The SMILES string of the molecule is CN1CC[C@](O)(C#Cc2cccc(-c3nc4c(N)ncnc4s3)c2)C1=O. The predicted octanol–water partition coefficient (Wildman–Crippen LogP) is 1.28. The molecule has 1 atom stereocenters. The zero-order valence-corrected chi connectivity index (χ0v) is 14.7. The van der Waals surface area contributed by atoms with Crippen molar-refractivity contribution in [1.29, 1.82) is 0 Å². The van der Waals surface area contributed by atoms with Crippen molar-refractivity contribution in [2.45, 2.75) is 12.0 Å². The van der Waals surface area contributed by atoms with Crippen LogP contribution in [-0.4, -0.2) is 50.1 Å². The number of carbonyl (C=O) groups is 1. The van der Waals surface area contributed by atoms with Crippen molar-refractivity contribution in [3.05, 3.63) is 36.2 Å². The third-order valence-corrected chi connectivity index (χ3v) is 5.27. The Kier molecular flexibility index (Phi) is 3.83. The van der Waals surface area contributed by atoms with Crippen molar-refractivity contribution in [3.8, 4) is 22.4 Å². The molecule has 1 aromatic carbocycles. The van der Waals surface area contributed by atoms with E-state index in [1.54, 1.807) is 7.05 Å². The average molecular weight is 365 g/mol. The molecule has 1 amide bonds. The number of fused-ring (bicyclic) bond motifs is 1. The molecule has 2 aromatic heterocycles. The number of nitrogens with zero attached hydrogens (tertiary/aromatic N) is 4. The molecule has 0 unspecified atom stereocenters. The summed E-state index contributed by atoms with van der Waals surface area (Å²) < 4.78 is 0. The zero-order valence-electron chi connectivity index (χ0n) is 13.9. The molecule has 1 saturated heterocycles. The van der Waals surface area contributed by atoms with Gasteiger partial charge in [0, 0.05) is 31.1 Å². The molecule has 1 fully saturated rings. The Hall–Kier alpha value is -3.02. The molecular weight excluding hydrogens is 350 g/mol. The van der Waals surface area contributed by atoms with Crippen molar-refractivity contribution >= 4 is 33.4 Å². The van der Waals surface area contributed by atoms with Gasteiger partial charge in [-0.1, -0.05) is 35.3 Å². The van der Waals surface area contributed by atoms with Crippen LogP contribution in [0.5, 0.6) is 0 Å². The molecule has 4 rings (SSSR count). The largest absolute Gasteiger partial charge is 0.382 e. The highest BCUT2D eigenvalue weighted by atomic mass is 32.1. The van der Waals surface area contributed by atoms with Crippen LogP contribution in [-0.2, 0) is 4.79 Å². The summed E-state index contributed by atoms with van der Waals surface area (Å²) in [5.74, 6) is 5.62. The summed E-state index contributed by atoms with van der Waals surface area (Å²) in [4.78, 5) is 26.9. The van der Waals surface area contributed by atoms with Gasteiger partial charge in [0.1, 0.15) is 21.7 Å². The molecule has 3 heterocycles. The number of amides is 1. The van der Waals surface area contributed by atoms with Gasteiger partial charge < -0.3 is 15.7 Å². The molecule has 0 bridgehead atoms. The highest BCUT2D eigenvalue weighted by Crippen LogP contribution is 2.31. The van der Waals surface area contributed by atoms with E-state index < -0.39 is 5.60 Å². The number of rotatable bonds is 1. The van der Waals surface area contributed by atoms with Crippen molar-refractivity contribution < 1.29 is 9.90 Å². The molecule has 8 heteroatoms. The maximum Gasteiger partial charge on any atom is 0.267 e. The Bertz CT molecular complexity index is 1080. The van der Waals surface area contributed by atoms with Crippen LogP contribution in [0.1, 0.15) is 12.0 Å². The van der Waals surface area contributed by atoms with E-state index in [1.807, 2.05) is 24.3 Å². The lowest BCUT2D eigenvalue weighted by molar-refractivity contribution is -0.137. The van der Waals surface area contributed by atoms with Gasteiger partial charge in [-0.15, -0.1) is 0 Å². The summed E-state index contributed by atoms with van der Waals surface area (Å²) in [5, 5.41) is 11.2. The molecule has 3 N–H and O–H groups in total.